The number of hydrogen-bond donors (Lipinski definition) is 2. The van der Waals surface area contributed by atoms with Crippen LogP contribution in [0.15, 0.2) is 27.4 Å². The molecule has 0 aliphatic carbocycles. The summed E-state index contributed by atoms with van der Waals surface area (Å²) in [5, 5.41) is 9.94. The number of carbonyl (C=O) groups is 1. The van der Waals surface area contributed by atoms with E-state index in [0.29, 0.717) is 24.4 Å². The van der Waals surface area contributed by atoms with E-state index in [0.717, 1.165) is 19.3 Å². The van der Waals surface area contributed by atoms with E-state index in [1.807, 2.05) is 0 Å². The van der Waals surface area contributed by atoms with Gasteiger partial charge in [0, 0.05) is 18.5 Å². The van der Waals surface area contributed by atoms with Gasteiger partial charge >= 0.3 is 0 Å². The zero-order valence-corrected chi connectivity index (χ0v) is 21.2. The zero-order valence-electron chi connectivity index (χ0n) is 18.8. The van der Waals surface area contributed by atoms with E-state index < -0.39 is 25.5 Å². The molecular formula is C19H27N5O6S3. The minimum absolute atomic E-state index is 0.0295. The van der Waals surface area contributed by atoms with Crippen molar-refractivity contribution in [2.45, 2.75) is 49.3 Å². The maximum absolute atomic E-state index is 13.1. The van der Waals surface area contributed by atoms with Gasteiger partial charge in [-0.3, -0.25) is 9.52 Å². The van der Waals surface area contributed by atoms with Crippen molar-refractivity contribution in [1.82, 2.24) is 14.5 Å². The molecule has 0 bridgehead atoms. The number of hydrogen-bond acceptors (Lipinski definition) is 9. The summed E-state index contributed by atoms with van der Waals surface area (Å²) in [5.74, 6) is -0.218. The molecule has 1 aromatic heterocycles. The van der Waals surface area contributed by atoms with Crippen molar-refractivity contribution in [3.63, 3.8) is 0 Å². The number of ether oxygens (including phenoxy) is 1. The van der Waals surface area contributed by atoms with Gasteiger partial charge in [-0.15, -0.1) is 10.2 Å². The van der Waals surface area contributed by atoms with E-state index in [2.05, 4.69) is 20.2 Å². The SMILES string of the molecule is COc1ccc(NS(=O)(=O)c2nnc(NC(=O)C(C)(C)C)s2)cc1S(=O)(=O)N1CCCCC1. The highest BCUT2D eigenvalue weighted by Crippen LogP contribution is 2.32. The fraction of sp³-hybridized carbons (Fsp3) is 0.526. The molecule has 1 saturated heterocycles. The Labute approximate surface area is 197 Å². The largest absolute Gasteiger partial charge is 0.495 e. The number of nitrogens with zero attached hydrogens (tertiary/aromatic N) is 3. The summed E-state index contributed by atoms with van der Waals surface area (Å²) >= 11 is 0.688. The molecule has 0 spiro atoms. The maximum atomic E-state index is 13.1. The van der Waals surface area contributed by atoms with Gasteiger partial charge in [0.05, 0.1) is 12.8 Å². The topological polar surface area (TPSA) is 148 Å². The standard InChI is InChI=1S/C19H27N5O6S3/c1-19(2,3)16(25)20-17-21-22-18(31-17)32(26,27)23-13-8-9-14(30-4)15(12-13)33(28,29)24-10-6-5-7-11-24/h8-9,12,23H,5-7,10-11H2,1-4H3,(H,20,21,25). The van der Waals surface area contributed by atoms with Crippen molar-refractivity contribution in [2.24, 2.45) is 5.41 Å². The molecule has 1 amide bonds. The van der Waals surface area contributed by atoms with E-state index in [9.17, 15) is 21.6 Å². The first-order valence-corrected chi connectivity index (χ1v) is 13.9. The number of aromatic nitrogens is 2. The second-order valence-corrected chi connectivity index (χ2v) is 13.3. The Hall–Kier alpha value is -2.29. The second-order valence-electron chi connectivity index (χ2n) is 8.51. The van der Waals surface area contributed by atoms with Crippen LogP contribution in [0, 0.1) is 5.41 Å². The number of amides is 1. The van der Waals surface area contributed by atoms with Gasteiger partial charge in [0.1, 0.15) is 10.6 Å². The number of piperidine rings is 1. The van der Waals surface area contributed by atoms with Crippen molar-refractivity contribution in [3.05, 3.63) is 18.2 Å². The number of anilines is 2. The smallest absolute Gasteiger partial charge is 0.291 e. The quantitative estimate of drug-likeness (QED) is 0.532. The minimum atomic E-state index is -4.18. The summed E-state index contributed by atoms with van der Waals surface area (Å²) in [6.45, 7) is 5.93. The Morgan fingerprint density at radius 2 is 1.76 bits per heavy atom. The number of carbonyl (C=O) groups excluding carboxylic acids is 1. The molecule has 0 radical (unpaired) electrons. The van der Waals surface area contributed by atoms with E-state index in [1.165, 1.54) is 29.6 Å². The van der Waals surface area contributed by atoms with Gasteiger partial charge in [0.15, 0.2) is 0 Å². The molecule has 11 nitrogen and oxygen atoms in total. The van der Waals surface area contributed by atoms with Crippen LogP contribution < -0.4 is 14.8 Å². The fourth-order valence-electron chi connectivity index (χ4n) is 3.04. The third-order valence-electron chi connectivity index (χ3n) is 4.89. The third kappa shape index (κ3) is 5.80. The Morgan fingerprint density at radius 3 is 2.36 bits per heavy atom. The van der Waals surface area contributed by atoms with Gasteiger partial charge in [-0.05, 0) is 31.0 Å². The van der Waals surface area contributed by atoms with Crippen LogP contribution in [-0.2, 0) is 24.8 Å². The molecule has 0 atom stereocenters. The number of benzene rings is 1. The summed E-state index contributed by atoms with van der Waals surface area (Å²) in [4.78, 5) is 12.0. The molecule has 1 aromatic carbocycles. The van der Waals surface area contributed by atoms with Crippen molar-refractivity contribution < 1.29 is 26.4 Å². The predicted octanol–water partition coefficient (Wildman–Crippen LogP) is 2.51. The van der Waals surface area contributed by atoms with Crippen LogP contribution in [0.4, 0.5) is 10.8 Å². The monoisotopic (exact) mass is 517 g/mol. The van der Waals surface area contributed by atoms with Crippen LogP contribution in [0.5, 0.6) is 5.75 Å². The average Bonchev–Trinajstić information content (AvgIpc) is 3.23. The first-order valence-electron chi connectivity index (χ1n) is 10.2. The van der Waals surface area contributed by atoms with Gasteiger partial charge in [-0.1, -0.05) is 38.5 Å². The molecule has 182 valence electrons. The molecular weight excluding hydrogens is 490 g/mol. The number of nitrogens with one attached hydrogen (secondary N) is 2. The highest BCUT2D eigenvalue weighted by molar-refractivity contribution is 7.94. The lowest BCUT2D eigenvalue weighted by atomic mass is 9.96. The Kier molecular flexibility index (Phi) is 7.31. The molecule has 2 aromatic rings. The summed E-state index contributed by atoms with van der Waals surface area (Å²) in [6.07, 6.45) is 2.49. The lowest BCUT2D eigenvalue weighted by Crippen LogP contribution is -2.35. The number of methoxy groups -OCH3 is 1. The molecule has 2 heterocycles. The van der Waals surface area contributed by atoms with Gasteiger partial charge in [0.2, 0.25) is 21.1 Å². The first-order chi connectivity index (χ1) is 15.3. The second kappa shape index (κ2) is 9.52. The molecule has 2 N–H and O–H groups in total. The summed E-state index contributed by atoms with van der Waals surface area (Å²) < 4.78 is 60.5. The van der Waals surface area contributed by atoms with Crippen LogP contribution in [0.1, 0.15) is 40.0 Å². The number of rotatable bonds is 7. The lowest BCUT2D eigenvalue weighted by Gasteiger charge is -2.26. The predicted molar refractivity (Wildman–Crippen MR) is 124 cm³/mol. The van der Waals surface area contributed by atoms with Crippen LogP contribution in [0.2, 0.25) is 0 Å². The highest BCUT2D eigenvalue weighted by atomic mass is 32.2. The van der Waals surface area contributed by atoms with Gasteiger partial charge in [0.25, 0.3) is 14.4 Å². The summed E-state index contributed by atoms with van der Waals surface area (Å²) in [7, 11) is -6.70. The molecule has 0 unspecified atom stereocenters. The van der Waals surface area contributed by atoms with Crippen LogP contribution in [0.25, 0.3) is 0 Å². The van der Waals surface area contributed by atoms with Gasteiger partial charge in [-0.25, -0.2) is 8.42 Å². The third-order valence-corrected chi connectivity index (χ3v) is 9.39. The molecule has 0 saturated carbocycles. The van der Waals surface area contributed by atoms with Crippen molar-refractivity contribution in [1.29, 1.82) is 0 Å². The lowest BCUT2D eigenvalue weighted by molar-refractivity contribution is -0.123. The zero-order chi connectivity index (χ0) is 24.4. The summed E-state index contributed by atoms with van der Waals surface area (Å²) in [5.41, 5.74) is -0.663. The molecule has 33 heavy (non-hydrogen) atoms. The van der Waals surface area contributed by atoms with Crippen molar-refractivity contribution >= 4 is 48.1 Å². The number of sulfonamides is 2. The average molecular weight is 518 g/mol. The molecule has 1 aliphatic rings. The Balaban J connectivity index is 1.86. The van der Waals surface area contributed by atoms with Crippen LogP contribution in [0.3, 0.4) is 0 Å². The molecule has 14 heteroatoms. The Bertz CT molecular complexity index is 1230. The summed E-state index contributed by atoms with van der Waals surface area (Å²) in [6, 6.07) is 4.02. The van der Waals surface area contributed by atoms with E-state index in [4.69, 9.17) is 4.74 Å². The van der Waals surface area contributed by atoms with Crippen molar-refractivity contribution in [3.8, 4) is 5.75 Å². The van der Waals surface area contributed by atoms with Crippen LogP contribution in [-0.4, -0.2) is 57.4 Å². The van der Waals surface area contributed by atoms with E-state index in [1.54, 1.807) is 20.8 Å². The fourth-order valence-corrected chi connectivity index (χ4v) is 6.68. The van der Waals surface area contributed by atoms with E-state index >= 15 is 0 Å². The van der Waals surface area contributed by atoms with Gasteiger partial charge in [-0.2, -0.15) is 12.7 Å². The Morgan fingerprint density at radius 1 is 1.09 bits per heavy atom. The van der Waals surface area contributed by atoms with Crippen LogP contribution >= 0.6 is 11.3 Å². The molecule has 1 fully saturated rings. The van der Waals surface area contributed by atoms with Gasteiger partial charge < -0.3 is 10.1 Å². The van der Waals surface area contributed by atoms with E-state index in [-0.39, 0.29) is 31.7 Å². The normalized spacial score (nSPS) is 15.8. The molecule has 1 aliphatic heterocycles. The molecule has 3 rings (SSSR count). The maximum Gasteiger partial charge on any atom is 0.291 e. The minimum Gasteiger partial charge on any atom is -0.495 e. The van der Waals surface area contributed by atoms with Crippen molar-refractivity contribution in [2.75, 3.05) is 30.2 Å². The highest BCUT2D eigenvalue weighted by Gasteiger charge is 2.30. The first kappa shape index (κ1) is 25.3.